The maximum atomic E-state index is 5.46. The summed E-state index contributed by atoms with van der Waals surface area (Å²) in [4.78, 5) is 8.09. The molecule has 0 saturated carbocycles. The Labute approximate surface area is 96.0 Å². The van der Waals surface area contributed by atoms with E-state index in [2.05, 4.69) is 23.8 Å². The normalized spacial score (nSPS) is 10.8. The standard InChI is InChI=1S/C11H19N3O2/c1-9(2)8-15-5-6-16-11-13-4-3-10(7-12)14-11/h3-4,9H,5-8,12H2,1-2H3. The molecule has 5 heteroatoms. The second-order valence-electron chi connectivity index (χ2n) is 3.85. The second-order valence-corrected chi connectivity index (χ2v) is 3.85. The number of hydrogen-bond acceptors (Lipinski definition) is 5. The maximum Gasteiger partial charge on any atom is 0.316 e. The molecule has 0 amide bonds. The van der Waals surface area contributed by atoms with Crippen LogP contribution in [-0.2, 0) is 11.3 Å². The Kier molecular flexibility index (Phi) is 5.74. The molecule has 1 heterocycles. The van der Waals surface area contributed by atoms with Gasteiger partial charge in [-0.15, -0.1) is 0 Å². The van der Waals surface area contributed by atoms with Gasteiger partial charge in [0.05, 0.1) is 12.3 Å². The van der Waals surface area contributed by atoms with E-state index in [1.165, 1.54) is 0 Å². The smallest absolute Gasteiger partial charge is 0.316 e. The highest BCUT2D eigenvalue weighted by Gasteiger charge is 1.99. The summed E-state index contributed by atoms with van der Waals surface area (Å²) >= 11 is 0. The topological polar surface area (TPSA) is 70.3 Å². The summed E-state index contributed by atoms with van der Waals surface area (Å²) in [5, 5.41) is 0. The first-order chi connectivity index (χ1) is 7.72. The van der Waals surface area contributed by atoms with Gasteiger partial charge in [0.15, 0.2) is 0 Å². The molecule has 0 saturated heterocycles. The average molecular weight is 225 g/mol. The fourth-order valence-electron chi connectivity index (χ4n) is 1.07. The Morgan fingerprint density at radius 3 is 2.88 bits per heavy atom. The molecule has 0 unspecified atom stereocenters. The van der Waals surface area contributed by atoms with Crippen LogP contribution in [0.4, 0.5) is 0 Å². The van der Waals surface area contributed by atoms with Gasteiger partial charge in [0.1, 0.15) is 6.61 Å². The van der Waals surface area contributed by atoms with E-state index < -0.39 is 0 Å². The van der Waals surface area contributed by atoms with E-state index in [1.54, 1.807) is 12.3 Å². The van der Waals surface area contributed by atoms with Crippen molar-refractivity contribution in [2.75, 3.05) is 19.8 Å². The highest BCUT2D eigenvalue weighted by molar-refractivity contribution is 5.04. The molecule has 0 spiro atoms. The highest BCUT2D eigenvalue weighted by atomic mass is 16.5. The number of aromatic nitrogens is 2. The van der Waals surface area contributed by atoms with Gasteiger partial charge in [0.2, 0.25) is 0 Å². The molecular formula is C11H19N3O2. The van der Waals surface area contributed by atoms with E-state index in [0.717, 1.165) is 12.3 Å². The van der Waals surface area contributed by atoms with Crippen LogP contribution in [0, 0.1) is 5.92 Å². The molecule has 2 N–H and O–H groups in total. The third-order valence-corrected chi connectivity index (χ3v) is 1.81. The lowest BCUT2D eigenvalue weighted by atomic mass is 10.2. The second kappa shape index (κ2) is 7.14. The Hall–Kier alpha value is -1.20. The first-order valence-electron chi connectivity index (χ1n) is 5.45. The largest absolute Gasteiger partial charge is 0.461 e. The number of rotatable bonds is 7. The predicted octanol–water partition coefficient (Wildman–Crippen LogP) is 0.987. The minimum absolute atomic E-state index is 0.357. The molecule has 0 radical (unpaired) electrons. The van der Waals surface area contributed by atoms with Crippen molar-refractivity contribution < 1.29 is 9.47 Å². The van der Waals surface area contributed by atoms with Crippen LogP contribution < -0.4 is 10.5 Å². The first kappa shape index (κ1) is 12.9. The van der Waals surface area contributed by atoms with Gasteiger partial charge in [0.25, 0.3) is 0 Å². The van der Waals surface area contributed by atoms with Gasteiger partial charge in [-0.2, -0.15) is 4.98 Å². The van der Waals surface area contributed by atoms with Crippen molar-refractivity contribution in [2.45, 2.75) is 20.4 Å². The van der Waals surface area contributed by atoms with Crippen molar-refractivity contribution in [2.24, 2.45) is 11.7 Å². The van der Waals surface area contributed by atoms with E-state index in [1.807, 2.05) is 0 Å². The number of ether oxygens (including phenoxy) is 2. The Morgan fingerprint density at radius 1 is 1.38 bits per heavy atom. The lowest BCUT2D eigenvalue weighted by Crippen LogP contribution is -2.12. The van der Waals surface area contributed by atoms with Gasteiger partial charge in [-0.25, -0.2) is 4.98 Å². The average Bonchev–Trinajstić information content (AvgIpc) is 2.28. The van der Waals surface area contributed by atoms with Crippen LogP contribution in [0.3, 0.4) is 0 Å². The minimum atomic E-state index is 0.357. The van der Waals surface area contributed by atoms with Gasteiger partial charge in [0, 0.05) is 19.3 Å². The summed E-state index contributed by atoms with van der Waals surface area (Å²) < 4.78 is 10.7. The van der Waals surface area contributed by atoms with Crippen molar-refractivity contribution in [3.8, 4) is 6.01 Å². The van der Waals surface area contributed by atoms with E-state index in [9.17, 15) is 0 Å². The Morgan fingerprint density at radius 2 is 2.19 bits per heavy atom. The highest BCUT2D eigenvalue weighted by Crippen LogP contribution is 2.02. The number of nitrogens with zero attached hydrogens (tertiary/aromatic N) is 2. The molecule has 1 aromatic rings. The van der Waals surface area contributed by atoms with Gasteiger partial charge < -0.3 is 15.2 Å². The molecule has 0 aliphatic heterocycles. The summed E-state index contributed by atoms with van der Waals surface area (Å²) in [6, 6.07) is 2.12. The SMILES string of the molecule is CC(C)COCCOc1nccc(CN)n1. The van der Waals surface area contributed by atoms with Gasteiger partial charge in [-0.1, -0.05) is 13.8 Å². The first-order valence-corrected chi connectivity index (χ1v) is 5.45. The fraction of sp³-hybridized carbons (Fsp3) is 0.636. The summed E-state index contributed by atoms with van der Waals surface area (Å²) in [6.45, 7) is 6.36. The van der Waals surface area contributed by atoms with Crippen molar-refractivity contribution >= 4 is 0 Å². The maximum absolute atomic E-state index is 5.46. The molecule has 0 aromatic carbocycles. The van der Waals surface area contributed by atoms with Crippen molar-refractivity contribution in [1.29, 1.82) is 0 Å². The minimum Gasteiger partial charge on any atom is -0.461 e. The molecule has 0 atom stereocenters. The summed E-state index contributed by atoms with van der Waals surface area (Å²) in [5.41, 5.74) is 6.23. The van der Waals surface area contributed by atoms with E-state index in [4.69, 9.17) is 15.2 Å². The van der Waals surface area contributed by atoms with Gasteiger partial charge >= 0.3 is 6.01 Å². The molecule has 0 fully saturated rings. The molecule has 5 nitrogen and oxygen atoms in total. The van der Waals surface area contributed by atoms with E-state index >= 15 is 0 Å². The summed E-state index contributed by atoms with van der Waals surface area (Å²) in [6.07, 6.45) is 1.64. The van der Waals surface area contributed by atoms with E-state index in [-0.39, 0.29) is 0 Å². The summed E-state index contributed by atoms with van der Waals surface area (Å²) in [5.74, 6) is 0.539. The molecule has 90 valence electrons. The van der Waals surface area contributed by atoms with Crippen LogP contribution in [-0.4, -0.2) is 29.8 Å². The van der Waals surface area contributed by atoms with Crippen molar-refractivity contribution in [3.63, 3.8) is 0 Å². The molecule has 1 rings (SSSR count). The fourth-order valence-corrected chi connectivity index (χ4v) is 1.07. The van der Waals surface area contributed by atoms with Gasteiger partial charge in [-0.3, -0.25) is 0 Å². The van der Waals surface area contributed by atoms with Crippen molar-refractivity contribution in [3.05, 3.63) is 18.0 Å². The Balaban J connectivity index is 2.21. The van der Waals surface area contributed by atoms with Crippen molar-refractivity contribution in [1.82, 2.24) is 9.97 Å². The van der Waals surface area contributed by atoms with Crippen LogP contribution in [0.15, 0.2) is 12.3 Å². The van der Waals surface area contributed by atoms with Crippen LogP contribution in [0.2, 0.25) is 0 Å². The zero-order chi connectivity index (χ0) is 11.8. The monoisotopic (exact) mass is 225 g/mol. The number of hydrogen-bond donors (Lipinski definition) is 1. The molecule has 0 aliphatic carbocycles. The van der Waals surface area contributed by atoms with Gasteiger partial charge in [-0.05, 0) is 12.0 Å². The Bertz CT molecular complexity index is 305. The van der Waals surface area contributed by atoms with E-state index in [0.29, 0.717) is 31.7 Å². The lowest BCUT2D eigenvalue weighted by molar-refractivity contribution is 0.0791. The van der Waals surface area contributed by atoms with Crippen LogP contribution in [0.1, 0.15) is 19.5 Å². The molecule has 1 aromatic heterocycles. The van der Waals surface area contributed by atoms with Crippen LogP contribution in [0.5, 0.6) is 6.01 Å². The molecule has 0 aliphatic rings. The zero-order valence-electron chi connectivity index (χ0n) is 9.85. The molecule has 0 bridgehead atoms. The molecular weight excluding hydrogens is 206 g/mol. The third-order valence-electron chi connectivity index (χ3n) is 1.81. The summed E-state index contributed by atoms with van der Waals surface area (Å²) in [7, 11) is 0. The lowest BCUT2D eigenvalue weighted by Gasteiger charge is -2.07. The zero-order valence-corrected chi connectivity index (χ0v) is 9.85. The quantitative estimate of drug-likeness (QED) is 0.701. The third kappa shape index (κ3) is 5.04. The van der Waals surface area contributed by atoms with Crippen LogP contribution in [0.25, 0.3) is 0 Å². The number of nitrogens with two attached hydrogens (primary N) is 1. The predicted molar refractivity (Wildman–Crippen MR) is 61.1 cm³/mol. The molecule has 16 heavy (non-hydrogen) atoms. The van der Waals surface area contributed by atoms with Crippen LogP contribution >= 0.6 is 0 Å².